The molecule has 4 rings (SSSR count). The van der Waals surface area contributed by atoms with Crippen molar-refractivity contribution in [3.05, 3.63) is 82.5 Å². The van der Waals surface area contributed by atoms with Crippen LogP contribution in [0.3, 0.4) is 0 Å². The van der Waals surface area contributed by atoms with Gasteiger partial charge in [-0.2, -0.15) is 0 Å². The van der Waals surface area contributed by atoms with E-state index in [4.69, 9.17) is 0 Å². The molecule has 0 unspecified atom stereocenters. The van der Waals surface area contributed by atoms with Gasteiger partial charge in [-0.3, -0.25) is 19.5 Å². The summed E-state index contributed by atoms with van der Waals surface area (Å²) in [6.07, 6.45) is 4.99. The summed E-state index contributed by atoms with van der Waals surface area (Å²) in [5, 5.41) is 6.06. The third kappa shape index (κ3) is 4.77. The largest absolute Gasteiger partial charge is 0.327 e. The van der Waals surface area contributed by atoms with Gasteiger partial charge in [-0.25, -0.2) is 0 Å². The Hall–Kier alpha value is -3.29. The lowest BCUT2D eigenvalue weighted by molar-refractivity contribution is 0.102. The summed E-state index contributed by atoms with van der Waals surface area (Å²) in [6.45, 7) is 4.94. The second-order valence-electron chi connectivity index (χ2n) is 7.04. The van der Waals surface area contributed by atoms with E-state index in [-0.39, 0.29) is 17.2 Å². The molecule has 3 aromatic rings. The predicted molar refractivity (Wildman–Crippen MR) is 113 cm³/mol. The molecule has 1 aliphatic rings. The van der Waals surface area contributed by atoms with Gasteiger partial charge in [-0.15, -0.1) is 0 Å². The second kappa shape index (κ2) is 8.81. The van der Waals surface area contributed by atoms with Crippen LogP contribution in [0.5, 0.6) is 0 Å². The fourth-order valence-electron chi connectivity index (χ4n) is 3.37. The summed E-state index contributed by atoms with van der Waals surface area (Å²) in [7, 11) is 0. The highest BCUT2D eigenvalue weighted by molar-refractivity contribution is 6.04. The van der Waals surface area contributed by atoms with Crippen molar-refractivity contribution in [2.45, 2.75) is 6.54 Å². The van der Waals surface area contributed by atoms with Crippen LogP contribution in [0, 0.1) is 0 Å². The standard InChI is InChI=1S/C22H23N5O2/c28-21(18-3-1-16(2-4-18)15-27-11-9-24-10-12-27)26-20-13-19(14-25-22(20)29)17-5-7-23-8-6-17/h1-8,13-14,24H,9-12,15H2,(H,25,29)(H,26,28). The van der Waals surface area contributed by atoms with E-state index in [2.05, 4.69) is 25.5 Å². The van der Waals surface area contributed by atoms with Crippen molar-refractivity contribution in [2.75, 3.05) is 31.5 Å². The van der Waals surface area contributed by atoms with Crippen molar-refractivity contribution >= 4 is 11.6 Å². The number of anilines is 1. The van der Waals surface area contributed by atoms with E-state index < -0.39 is 0 Å². The molecule has 3 heterocycles. The van der Waals surface area contributed by atoms with Crippen molar-refractivity contribution in [1.82, 2.24) is 20.2 Å². The van der Waals surface area contributed by atoms with Gasteiger partial charge in [0.2, 0.25) is 0 Å². The molecular weight excluding hydrogens is 366 g/mol. The van der Waals surface area contributed by atoms with Crippen LogP contribution < -0.4 is 16.2 Å². The van der Waals surface area contributed by atoms with Gasteiger partial charge in [-0.1, -0.05) is 12.1 Å². The molecule has 148 valence electrons. The maximum absolute atomic E-state index is 12.6. The van der Waals surface area contributed by atoms with E-state index in [9.17, 15) is 9.59 Å². The van der Waals surface area contributed by atoms with Crippen molar-refractivity contribution in [2.24, 2.45) is 0 Å². The van der Waals surface area contributed by atoms with Gasteiger partial charge < -0.3 is 15.6 Å². The van der Waals surface area contributed by atoms with Gasteiger partial charge in [0.05, 0.1) is 0 Å². The van der Waals surface area contributed by atoms with E-state index in [1.807, 2.05) is 24.3 Å². The number of hydrogen-bond donors (Lipinski definition) is 3. The first-order valence-electron chi connectivity index (χ1n) is 9.65. The zero-order valence-electron chi connectivity index (χ0n) is 16.0. The summed E-state index contributed by atoms with van der Waals surface area (Å²) in [4.78, 5) is 33.8. The minimum atomic E-state index is -0.341. The minimum Gasteiger partial charge on any atom is -0.327 e. The Morgan fingerprint density at radius 1 is 1.03 bits per heavy atom. The lowest BCUT2D eigenvalue weighted by atomic mass is 10.1. The minimum absolute atomic E-state index is 0.217. The molecule has 0 atom stereocenters. The summed E-state index contributed by atoms with van der Waals surface area (Å²) in [5.74, 6) is -0.309. The number of nitrogens with one attached hydrogen (secondary N) is 3. The van der Waals surface area contributed by atoms with Crippen LogP contribution in [-0.4, -0.2) is 47.0 Å². The number of piperazine rings is 1. The van der Waals surface area contributed by atoms with Crippen LogP contribution in [0.1, 0.15) is 15.9 Å². The number of pyridine rings is 2. The van der Waals surface area contributed by atoms with E-state index in [1.54, 1.807) is 36.8 Å². The van der Waals surface area contributed by atoms with Gasteiger partial charge in [0.1, 0.15) is 5.69 Å². The zero-order valence-corrected chi connectivity index (χ0v) is 16.0. The van der Waals surface area contributed by atoms with Gasteiger partial charge in [0.15, 0.2) is 0 Å². The molecule has 0 aliphatic carbocycles. The topological polar surface area (TPSA) is 90.1 Å². The second-order valence-corrected chi connectivity index (χ2v) is 7.04. The Morgan fingerprint density at radius 2 is 1.76 bits per heavy atom. The van der Waals surface area contributed by atoms with E-state index in [0.29, 0.717) is 5.56 Å². The Bertz CT molecular complexity index is 1030. The molecule has 0 spiro atoms. The number of carbonyl (C=O) groups is 1. The Balaban J connectivity index is 1.45. The van der Waals surface area contributed by atoms with E-state index in [0.717, 1.165) is 43.9 Å². The van der Waals surface area contributed by atoms with Crippen LogP contribution in [-0.2, 0) is 6.54 Å². The van der Waals surface area contributed by atoms with Crippen LogP contribution in [0.4, 0.5) is 5.69 Å². The molecule has 29 heavy (non-hydrogen) atoms. The molecule has 1 aliphatic heterocycles. The van der Waals surface area contributed by atoms with Crippen molar-refractivity contribution in [3.8, 4) is 11.1 Å². The maximum atomic E-state index is 12.6. The summed E-state index contributed by atoms with van der Waals surface area (Å²) in [5.41, 5.74) is 3.27. The zero-order chi connectivity index (χ0) is 20.1. The molecule has 2 aromatic heterocycles. The monoisotopic (exact) mass is 389 g/mol. The number of nitrogens with zero attached hydrogens (tertiary/aromatic N) is 2. The molecule has 1 saturated heterocycles. The van der Waals surface area contributed by atoms with Crippen LogP contribution in [0.2, 0.25) is 0 Å². The van der Waals surface area contributed by atoms with Crippen LogP contribution >= 0.6 is 0 Å². The van der Waals surface area contributed by atoms with Crippen molar-refractivity contribution in [1.29, 1.82) is 0 Å². The Labute approximate surface area is 168 Å². The molecule has 1 aromatic carbocycles. The number of carbonyl (C=O) groups excluding carboxylic acids is 1. The third-order valence-electron chi connectivity index (χ3n) is 5.00. The first-order chi connectivity index (χ1) is 14.2. The smallest absolute Gasteiger partial charge is 0.271 e. The predicted octanol–water partition coefficient (Wildman–Crippen LogP) is 2.09. The highest BCUT2D eigenvalue weighted by atomic mass is 16.2. The Morgan fingerprint density at radius 3 is 2.48 bits per heavy atom. The number of rotatable bonds is 5. The van der Waals surface area contributed by atoms with Crippen LogP contribution in [0.25, 0.3) is 11.1 Å². The van der Waals surface area contributed by atoms with E-state index >= 15 is 0 Å². The first-order valence-corrected chi connectivity index (χ1v) is 9.65. The van der Waals surface area contributed by atoms with Crippen molar-refractivity contribution in [3.63, 3.8) is 0 Å². The molecule has 1 amide bonds. The highest BCUT2D eigenvalue weighted by Crippen LogP contribution is 2.19. The average molecular weight is 389 g/mol. The first kappa shape index (κ1) is 19.0. The fourth-order valence-corrected chi connectivity index (χ4v) is 3.37. The lowest BCUT2D eigenvalue weighted by Gasteiger charge is -2.27. The number of hydrogen-bond acceptors (Lipinski definition) is 5. The highest BCUT2D eigenvalue weighted by Gasteiger charge is 2.12. The SMILES string of the molecule is O=C(Nc1cc(-c2ccncc2)c[nH]c1=O)c1ccc(CN2CCNCC2)cc1. The molecular formula is C22H23N5O2. The van der Waals surface area contributed by atoms with Gasteiger partial charge in [-0.05, 0) is 41.5 Å². The van der Waals surface area contributed by atoms with Gasteiger partial charge in [0.25, 0.3) is 11.5 Å². The van der Waals surface area contributed by atoms with Gasteiger partial charge >= 0.3 is 0 Å². The molecule has 1 fully saturated rings. The average Bonchev–Trinajstić information content (AvgIpc) is 2.77. The number of amides is 1. The lowest BCUT2D eigenvalue weighted by Crippen LogP contribution is -2.42. The number of aromatic nitrogens is 2. The maximum Gasteiger partial charge on any atom is 0.271 e. The van der Waals surface area contributed by atoms with Crippen molar-refractivity contribution < 1.29 is 4.79 Å². The molecule has 3 N–H and O–H groups in total. The third-order valence-corrected chi connectivity index (χ3v) is 5.00. The quantitative estimate of drug-likeness (QED) is 0.622. The fraction of sp³-hybridized carbons (Fsp3) is 0.227. The summed E-state index contributed by atoms with van der Waals surface area (Å²) < 4.78 is 0. The molecule has 0 saturated carbocycles. The number of aromatic amines is 1. The number of H-pyrrole nitrogens is 1. The van der Waals surface area contributed by atoms with Crippen LogP contribution in [0.15, 0.2) is 65.8 Å². The normalized spacial score (nSPS) is 14.5. The number of benzene rings is 1. The van der Waals surface area contributed by atoms with E-state index in [1.165, 1.54) is 5.56 Å². The summed E-state index contributed by atoms with van der Waals surface area (Å²) >= 11 is 0. The molecule has 0 radical (unpaired) electrons. The molecule has 0 bridgehead atoms. The summed E-state index contributed by atoms with van der Waals surface area (Å²) in [6, 6.07) is 12.9. The molecule has 7 heteroatoms. The Kier molecular flexibility index (Phi) is 5.79. The van der Waals surface area contributed by atoms with Gasteiger partial charge in [0, 0.05) is 62.4 Å². The molecule has 7 nitrogen and oxygen atoms in total.